The minimum Gasteiger partial charge on any atom is -0.456 e. The zero-order valence-electron chi connectivity index (χ0n) is 27.9. The summed E-state index contributed by atoms with van der Waals surface area (Å²) in [4.78, 5) is 25.3. The molecule has 18 heteroatoms. The van der Waals surface area contributed by atoms with Gasteiger partial charge in [-0.15, -0.1) is 0 Å². The molecule has 0 radical (unpaired) electrons. The predicted octanol–water partition coefficient (Wildman–Crippen LogP) is 8.80. The molecule has 50 heavy (non-hydrogen) atoms. The topological polar surface area (TPSA) is 123 Å². The van der Waals surface area contributed by atoms with Gasteiger partial charge in [-0.3, -0.25) is 0 Å². The van der Waals surface area contributed by atoms with Crippen molar-refractivity contribution in [2.24, 2.45) is 40.6 Å². The quantitative estimate of drug-likeness (QED) is 0.0695. The van der Waals surface area contributed by atoms with Crippen molar-refractivity contribution in [3.8, 4) is 0 Å². The van der Waals surface area contributed by atoms with Gasteiger partial charge in [-0.1, -0.05) is 34.9 Å². The molecule has 0 amide bonds. The molecule has 10 rings (SSSR count). The number of azide groups is 1. The van der Waals surface area contributed by atoms with E-state index in [4.69, 9.17) is 44.0 Å². The highest BCUT2D eigenvalue weighted by Gasteiger charge is 2.71. The first-order valence-corrected chi connectivity index (χ1v) is 18.1. The van der Waals surface area contributed by atoms with E-state index in [2.05, 4.69) is 39.8 Å². The van der Waals surface area contributed by atoms with Gasteiger partial charge < -0.3 is 18.9 Å². The molecule has 0 N–H and O–H groups in total. The zero-order chi connectivity index (χ0) is 36.1. The van der Waals surface area contributed by atoms with Crippen LogP contribution in [0.15, 0.2) is 27.8 Å². The van der Waals surface area contributed by atoms with E-state index < -0.39 is 77.6 Å². The third-order valence-electron chi connectivity index (χ3n) is 12.3. The van der Waals surface area contributed by atoms with Crippen LogP contribution in [0.4, 0.5) is 26.3 Å². The van der Waals surface area contributed by atoms with E-state index in [1.54, 1.807) is 13.8 Å². The summed E-state index contributed by atoms with van der Waals surface area (Å²) in [6.45, 7) is 7.09. The van der Waals surface area contributed by atoms with Crippen molar-refractivity contribution in [1.29, 1.82) is 0 Å². The van der Waals surface area contributed by atoms with E-state index in [-0.39, 0.29) is 34.2 Å². The molecular weight excluding hydrogens is 748 g/mol. The number of rotatable bonds is 3. The Balaban J connectivity index is 0.000000157. The summed E-state index contributed by atoms with van der Waals surface area (Å²) in [5.41, 5.74) is 6.57. The summed E-state index contributed by atoms with van der Waals surface area (Å²) in [5, 5.41) is 3.47. The van der Waals surface area contributed by atoms with Gasteiger partial charge in [0.1, 0.15) is 0 Å². The molecule has 0 aromatic rings. The minimum atomic E-state index is -4.71. The normalized spacial score (nSPS) is 46.2. The molecule has 6 saturated heterocycles. The van der Waals surface area contributed by atoms with E-state index >= 15 is 0 Å². The molecule has 12 atom stereocenters. The van der Waals surface area contributed by atoms with Crippen LogP contribution in [-0.2, 0) is 38.5 Å². The maximum atomic E-state index is 13.7. The second kappa shape index (κ2) is 12.4. The molecular formula is C32H40BrF6N3O8. The van der Waals surface area contributed by atoms with Crippen LogP contribution in [-0.4, -0.2) is 59.6 Å². The number of hydrogen-bond acceptors (Lipinski definition) is 9. The van der Waals surface area contributed by atoms with Gasteiger partial charge in [-0.25, -0.2) is 19.6 Å². The average molecular weight is 789 g/mol. The van der Waals surface area contributed by atoms with Gasteiger partial charge in [0.25, 0.3) is 0 Å². The fourth-order valence-electron chi connectivity index (χ4n) is 9.92. The van der Waals surface area contributed by atoms with Crippen LogP contribution in [0.3, 0.4) is 0 Å². The fourth-order valence-corrected chi connectivity index (χ4v) is 10.6. The molecule has 4 bridgehead atoms. The summed E-state index contributed by atoms with van der Waals surface area (Å²) < 4.78 is 104. The summed E-state index contributed by atoms with van der Waals surface area (Å²) in [7, 11) is 0. The maximum absolute atomic E-state index is 13.7. The Bertz CT molecular complexity index is 1490. The van der Waals surface area contributed by atoms with Crippen molar-refractivity contribution in [2.75, 3.05) is 11.9 Å². The van der Waals surface area contributed by atoms with Crippen molar-refractivity contribution < 1.29 is 64.8 Å². The van der Waals surface area contributed by atoms with Crippen molar-refractivity contribution >= 4 is 15.9 Å². The maximum Gasteiger partial charge on any atom is 0.449 e. The molecule has 2 aliphatic carbocycles. The van der Waals surface area contributed by atoms with Gasteiger partial charge in [0, 0.05) is 46.8 Å². The Morgan fingerprint density at radius 2 is 1.16 bits per heavy atom. The number of allylic oxidation sites excluding steroid dienone is 2. The van der Waals surface area contributed by atoms with Gasteiger partial charge in [0.2, 0.25) is 35.7 Å². The van der Waals surface area contributed by atoms with Crippen LogP contribution in [0.1, 0.15) is 79.1 Å². The number of halogens is 7. The first kappa shape index (κ1) is 36.6. The predicted molar refractivity (Wildman–Crippen MR) is 162 cm³/mol. The molecule has 2 spiro atoms. The second-order valence-corrected chi connectivity index (χ2v) is 15.7. The van der Waals surface area contributed by atoms with E-state index in [1.165, 1.54) is 0 Å². The highest BCUT2D eigenvalue weighted by atomic mass is 79.9. The molecule has 11 nitrogen and oxygen atoms in total. The molecule has 280 valence electrons. The summed E-state index contributed by atoms with van der Waals surface area (Å²) in [6, 6.07) is 0. The Labute approximate surface area is 292 Å². The van der Waals surface area contributed by atoms with Crippen LogP contribution in [0.2, 0.25) is 0 Å². The van der Waals surface area contributed by atoms with E-state index in [1.807, 2.05) is 0 Å². The van der Waals surface area contributed by atoms with Gasteiger partial charge in [-0.05, 0) is 80.9 Å². The lowest BCUT2D eigenvalue weighted by molar-refractivity contribution is -0.557. The Hall–Kier alpha value is -1.79. The standard InChI is InChI=1S/C16H20BrF3O4.C16H20F3N3O4/c1-8-3-4-11-9(7-17)12(16(18,19)20)21-13-15(11)10(8)5-6-14(2,22-13)23-24-15;1-8-3-4-11-9(7-21-22-20)12(16(17,18)19)23-13-15(11)10(8)5-6-14(2,24-13)25-26-15/h8,10-11,13H,3-7H2,1-2H3;8,10-11,13H,3-7H2,1-2H3/t2*8-,10?,11+,13-,14+,15-/m11/s1. The number of alkyl halides is 7. The Morgan fingerprint density at radius 3 is 1.58 bits per heavy atom. The average Bonchev–Trinajstić information content (AvgIpc) is 3.42. The largest absolute Gasteiger partial charge is 0.456 e. The van der Waals surface area contributed by atoms with Gasteiger partial charge in [-0.2, -0.15) is 26.3 Å². The van der Waals surface area contributed by atoms with E-state index in [0.29, 0.717) is 38.0 Å². The van der Waals surface area contributed by atoms with Crippen LogP contribution >= 0.6 is 15.9 Å². The van der Waals surface area contributed by atoms with Crippen molar-refractivity contribution in [2.45, 2.75) is 127 Å². The number of ether oxygens (including phenoxy) is 4. The van der Waals surface area contributed by atoms with E-state index in [0.717, 1.165) is 19.3 Å². The van der Waals surface area contributed by atoms with Crippen LogP contribution < -0.4 is 0 Å². The molecule has 8 aliphatic heterocycles. The van der Waals surface area contributed by atoms with Crippen LogP contribution in [0, 0.1) is 35.5 Å². The Kier molecular flexibility index (Phi) is 9.06. The van der Waals surface area contributed by atoms with Crippen LogP contribution in [0.25, 0.3) is 10.4 Å². The molecule has 10 aliphatic rings. The zero-order valence-corrected chi connectivity index (χ0v) is 29.5. The highest BCUT2D eigenvalue weighted by molar-refractivity contribution is 9.09. The van der Waals surface area contributed by atoms with Crippen molar-refractivity contribution in [3.63, 3.8) is 0 Å². The van der Waals surface area contributed by atoms with Crippen LogP contribution in [0.5, 0.6) is 0 Å². The first-order valence-electron chi connectivity index (χ1n) is 17.0. The number of hydrogen-bond donors (Lipinski definition) is 0. The Morgan fingerprint density at radius 1 is 0.720 bits per heavy atom. The molecule has 0 aromatic heterocycles. The lowest BCUT2D eigenvalue weighted by atomic mass is 9.59. The SMILES string of the molecule is C[C@@H]1CC[C@H]2C(CBr)=C(C(F)(F)F)O[C@@H]3O[C@]4(C)CCC1[C@]32OO4.C[C@@H]1CC[C@H]2C(CN=[N+]=[N-])=C(C(F)(F)F)O[C@@H]3O[C@]4(C)CCC1[C@]32OO4. The summed E-state index contributed by atoms with van der Waals surface area (Å²) >= 11 is 3.22. The summed E-state index contributed by atoms with van der Waals surface area (Å²) in [6.07, 6.45) is -6.38. The molecule has 8 heterocycles. The molecule has 8 fully saturated rings. The number of nitrogens with zero attached hydrogens (tertiary/aromatic N) is 3. The number of fused-ring (bicyclic) bond motifs is 4. The third kappa shape index (κ3) is 5.57. The second-order valence-electron chi connectivity index (χ2n) is 15.2. The molecule has 0 aromatic carbocycles. The lowest BCUT2D eigenvalue weighted by Crippen LogP contribution is -2.67. The van der Waals surface area contributed by atoms with Crippen molar-refractivity contribution in [1.82, 2.24) is 0 Å². The van der Waals surface area contributed by atoms with E-state index in [9.17, 15) is 26.3 Å². The third-order valence-corrected chi connectivity index (χ3v) is 12.9. The van der Waals surface area contributed by atoms with Crippen molar-refractivity contribution in [3.05, 3.63) is 33.1 Å². The highest BCUT2D eigenvalue weighted by Crippen LogP contribution is 2.63. The van der Waals surface area contributed by atoms with Gasteiger partial charge >= 0.3 is 12.4 Å². The molecule has 2 unspecified atom stereocenters. The van der Waals surface area contributed by atoms with Gasteiger partial charge in [0.05, 0.1) is 6.54 Å². The fraction of sp³-hybridized carbons (Fsp3) is 0.875. The minimum absolute atomic E-state index is 0.0365. The van der Waals surface area contributed by atoms with Gasteiger partial charge in [0.15, 0.2) is 11.2 Å². The molecule has 2 saturated carbocycles. The first-order chi connectivity index (χ1) is 23.4. The monoisotopic (exact) mass is 787 g/mol. The smallest absolute Gasteiger partial charge is 0.449 e. The summed E-state index contributed by atoms with van der Waals surface area (Å²) in [5.74, 6) is -4.87. The lowest BCUT2D eigenvalue weighted by Gasteiger charge is -2.57.